The maximum atomic E-state index is 13.6. The van der Waals surface area contributed by atoms with E-state index in [4.69, 9.17) is 11.6 Å². The van der Waals surface area contributed by atoms with Gasteiger partial charge in [-0.2, -0.15) is 0 Å². The van der Waals surface area contributed by atoms with Crippen molar-refractivity contribution in [1.29, 1.82) is 0 Å². The minimum absolute atomic E-state index is 0.0337. The zero-order valence-electron chi connectivity index (χ0n) is 10.5. The molecule has 0 radical (unpaired) electrons. The van der Waals surface area contributed by atoms with Crippen LogP contribution in [0.25, 0.3) is 0 Å². The molecule has 1 aliphatic rings. The summed E-state index contributed by atoms with van der Waals surface area (Å²) in [6, 6.07) is 4.51. The largest absolute Gasteiger partial charge is 0.342 e. The monoisotopic (exact) mass is 269 g/mol. The number of benzene rings is 1. The molecule has 1 heterocycles. The number of amides is 1. The van der Waals surface area contributed by atoms with Gasteiger partial charge in [-0.3, -0.25) is 4.79 Å². The molecule has 1 aromatic rings. The minimum Gasteiger partial charge on any atom is -0.342 e. The smallest absolute Gasteiger partial charge is 0.227 e. The average molecular weight is 270 g/mol. The predicted octanol–water partition coefficient (Wildman–Crippen LogP) is 3.28. The van der Waals surface area contributed by atoms with Crippen LogP contribution in [0.4, 0.5) is 4.39 Å². The zero-order chi connectivity index (χ0) is 13.1. The summed E-state index contributed by atoms with van der Waals surface area (Å²) < 4.78 is 13.6. The topological polar surface area (TPSA) is 20.3 Å². The maximum Gasteiger partial charge on any atom is 0.227 e. The number of nitrogens with zero attached hydrogens (tertiary/aromatic N) is 1. The number of likely N-dealkylation sites (tertiary alicyclic amines) is 1. The number of hydrogen-bond acceptors (Lipinski definition) is 1. The Kier molecular flexibility index (Phi) is 4.23. The third-order valence-electron chi connectivity index (χ3n) is 3.40. The van der Waals surface area contributed by atoms with Gasteiger partial charge in [-0.15, -0.1) is 0 Å². The quantitative estimate of drug-likeness (QED) is 0.807. The van der Waals surface area contributed by atoms with Crippen molar-refractivity contribution in [1.82, 2.24) is 4.90 Å². The number of halogens is 2. The lowest BCUT2D eigenvalue weighted by Crippen LogP contribution is -2.40. The first-order chi connectivity index (χ1) is 8.58. The summed E-state index contributed by atoms with van der Waals surface area (Å²) >= 11 is 5.93. The van der Waals surface area contributed by atoms with Crippen LogP contribution >= 0.6 is 11.6 Å². The summed E-state index contributed by atoms with van der Waals surface area (Å²) in [6.45, 7) is 3.68. The Morgan fingerprint density at radius 1 is 1.56 bits per heavy atom. The van der Waals surface area contributed by atoms with Gasteiger partial charge in [0, 0.05) is 23.7 Å². The molecule has 0 unspecified atom stereocenters. The highest BCUT2D eigenvalue weighted by molar-refractivity contribution is 6.31. The van der Waals surface area contributed by atoms with Crippen LogP contribution in [0.1, 0.15) is 25.3 Å². The van der Waals surface area contributed by atoms with E-state index in [0.717, 1.165) is 25.9 Å². The normalized spacial score (nSPS) is 19.9. The van der Waals surface area contributed by atoms with E-state index >= 15 is 0 Å². The molecule has 0 saturated carbocycles. The highest BCUT2D eigenvalue weighted by atomic mass is 35.5. The van der Waals surface area contributed by atoms with Crippen LogP contribution in [0.15, 0.2) is 18.2 Å². The lowest BCUT2D eigenvalue weighted by atomic mass is 9.99. The molecule has 98 valence electrons. The molecular weight excluding hydrogens is 253 g/mol. The third-order valence-corrected chi connectivity index (χ3v) is 3.75. The molecular formula is C14H17ClFNO. The van der Waals surface area contributed by atoms with Crippen LogP contribution < -0.4 is 0 Å². The van der Waals surface area contributed by atoms with Gasteiger partial charge in [0.15, 0.2) is 0 Å². The van der Waals surface area contributed by atoms with E-state index in [2.05, 4.69) is 6.92 Å². The standard InChI is InChI=1S/C14H17ClFNO/c1-10-4-3-7-17(9-10)14(18)8-11-12(15)5-2-6-13(11)16/h2,5-6,10H,3-4,7-9H2,1H3/t10-/m0/s1. The molecule has 1 saturated heterocycles. The number of rotatable bonds is 2. The van der Waals surface area contributed by atoms with Crippen molar-refractivity contribution in [2.45, 2.75) is 26.2 Å². The second kappa shape index (κ2) is 5.70. The second-order valence-corrected chi connectivity index (χ2v) is 5.37. The summed E-state index contributed by atoms with van der Waals surface area (Å²) in [5.41, 5.74) is 0.308. The molecule has 1 fully saturated rings. The molecule has 0 aliphatic carbocycles. The van der Waals surface area contributed by atoms with Crippen LogP contribution in [-0.4, -0.2) is 23.9 Å². The Balaban J connectivity index is 2.07. The van der Waals surface area contributed by atoms with E-state index in [1.807, 2.05) is 4.90 Å². The van der Waals surface area contributed by atoms with Crippen LogP contribution in [0.2, 0.25) is 5.02 Å². The Hall–Kier alpha value is -1.09. The van der Waals surface area contributed by atoms with Gasteiger partial charge in [-0.25, -0.2) is 4.39 Å². The highest BCUT2D eigenvalue weighted by Crippen LogP contribution is 2.22. The summed E-state index contributed by atoms with van der Waals surface area (Å²) in [5, 5.41) is 0.327. The summed E-state index contributed by atoms with van der Waals surface area (Å²) in [4.78, 5) is 13.9. The minimum atomic E-state index is -0.402. The van der Waals surface area contributed by atoms with Crippen molar-refractivity contribution in [3.8, 4) is 0 Å². The van der Waals surface area contributed by atoms with Crippen LogP contribution in [0.5, 0.6) is 0 Å². The molecule has 0 bridgehead atoms. The van der Waals surface area contributed by atoms with Crippen molar-refractivity contribution >= 4 is 17.5 Å². The molecule has 4 heteroatoms. The summed E-state index contributed by atoms with van der Waals surface area (Å²) in [5.74, 6) is 0.0910. The van der Waals surface area contributed by atoms with E-state index < -0.39 is 5.82 Å². The van der Waals surface area contributed by atoms with Crippen molar-refractivity contribution in [2.24, 2.45) is 5.92 Å². The second-order valence-electron chi connectivity index (χ2n) is 4.96. The van der Waals surface area contributed by atoms with Crippen LogP contribution in [0, 0.1) is 11.7 Å². The van der Waals surface area contributed by atoms with Gasteiger partial charge in [-0.05, 0) is 30.9 Å². The molecule has 1 atom stereocenters. The zero-order valence-corrected chi connectivity index (χ0v) is 11.2. The molecule has 0 aromatic heterocycles. The van der Waals surface area contributed by atoms with Gasteiger partial charge in [-0.1, -0.05) is 24.6 Å². The van der Waals surface area contributed by atoms with E-state index in [-0.39, 0.29) is 12.3 Å². The highest BCUT2D eigenvalue weighted by Gasteiger charge is 2.22. The van der Waals surface area contributed by atoms with Gasteiger partial charge in [0.25, 0.3) is 0 Å². The Bertz CT molecular complexity index is 429. The van der Waals surface area contributed by atoms with Gasteiger partial charge in [0.05, 0.1) is 6.42 Å². The van der Waals surface area contributed by atoms with Crippen molar-refractivity contribution < 1.29 is 9.18 Å². The van der Waals surface area contributed by atoms with Gasteiger partial charge >= 0.3 is 0 Å². The fourth-order valence-electron chi connectivity index (χ4n) is 2.38. The Morgan fingerprint density at radius 3 is 3.00 bits per heavy atom. The molecule has 2 rings (SSSR count). The number of carbonyl (C=O) groups is 1. The average Bonchev–Trinajstić information content (AvgIpc) is 2.34. The number of piperidine rings is 1. The Labute approximate surface area is 112 Å². The predicted molar refractivity (Wildman–Crippen MR) is 70.1 cm³/mol. The van der Waals surface area contributed by atoms with Crippen molar-refractivity contribution in [2.75, 3.05) is 13.1 Å². The molecule has 0 spiro atoms. The lowest BCUT2D eigenvalue weighted by Gasteiger charge is -2.31. The summed E-state index contributed by atoms with van der Waals surface area (Å²) in [6.07, 6.45) is 2.24. The summed E-state index contributed by atoms with van der Waals surface area (Å²) in [7, 11) is 0. The van der Waals surface area contributed by atoms with Crippen molar-refractivity contribution in [3.05, 3.63) is 34.6 Å². The van der Waals surface area contributed by atoms with Gasteiger partial charge in [0.1, 0.15) is 5.82 Å². The SMILES string of the molecule is C[C@H]1CCCN(C(=O)Cc2c(F)cccc2Cl)C1. The van der Waals surface area contributed by atoms with E-state index in [0.29, 0.717) is 16.5 Å². The van der Waals surface area contributed by atoms with Crippen molar-refractivity contribution in [3.63, 3.8) is 0 Å². The molecule has 1 aliphatic heterocycles. The Morgan fingerprint density at radius 2 is 2.33 bits per heavy atom. The van der Waals surface area contributed by atoms with E-state index in [9.17, 15) is 9.18 Å². The third kappa shape index (κ3) is 3.02. The van der Waals surface area contributed by atoms with Crippen LogP contribution in [0.3, 0.4) is 0 Å². The first-order valence-electron chi connectivity index (χ1n) is 6.28. The molecule has 18 heavy (non-hydrogen) atoms. The lowest BCUT2D eigenvalue weighted by molar-refractivity contribution is -0.132. The molecule has 1 amide bonds. The van der Waals surface area contributed by atoms with Gasteiger partial charge in [0.2, 0.25) is 5.91 Å². The van der Waals surface area contributed by atoms with E-state index in [1.54, 1.807) is 12.1 Å². The fraction of sp³-hybridized carbons (Fsp3) is 0.500. The molecule has 0 N–H and O–H groups in total. The number of carbonyl (C=O) groups excluding carboxylic acids is 1. The van der Waals surface area contributed by atoms with Gasteiger partial charge < -0.3 is 4.90 Å². The maximum absolute atomic E-state index is 13.6. The van der Waals surface area contributed by atoms with Crippen LogP contribution in [-0.2, 0) is 11.2 Å². The first kappa shape index (κ1) is 13.3. The number of hydrogen-bond donors (Lipinski definition) is 0. The molecule has 2 nitrogen and oxygen atoms in total. The first-order valence-corrected chi connectivity index (χ1v) is 6.66. The van der Waals surface area contributed by atoms with E-state index in [1.165, 1.54) is 6.07 Å². The molecule has 1 aromatic carbocycles. The fourth-order valence-corrected chi connectivity index (χ4v) is 2.61.